The first-order chi connectivity index (χ1) is 9.65. The van der Waals surface area contributed by atoms with Gasteiger partial charge in [-0.3, -0.25) is 4.90 Å². The lowest BCUT2D eigenvalue weighted by molar-refractivity contribution is 0.152. The molecule has 0 radical (unpaired) electrons. The van der Waals surface area contributed by atoms with E-state index in [1.807, 2.05) is 0 Å². The van der Waals surface area contributed by atoms with Crippen molar-refractivity contribution in [2.45, 2.75) is 18.9 Å². The van der Waals surface area contributed by atoms with Crippen molar-refractivity contribution in [1.82, 2.24) is 10.2 Å². The number of aliphatic hydroxyl groups is 1. The van der Waals surface area contributed by atoms with Gasteiger partial charge in [0.2, 0.25) is 0 Å². The molecule has 20 heavy (non-hydrogen) atoms. The maximum Gasteiger partial charge on any atom is 0.129 e. The highest BCUT2D eigenvalue weighted by Gasteiger charge is 2.27. The maximum absolute atomic E-state index is 14.2. The molecule has 2 rings (SSSR count). The summed E-state index contributed by atoms with van der Waals surface area (Å²) < 4.78 is 14.2. The van der Waals surface area contributed by atoms with Crippen molar-refractivity contribution in [3.8, 4) is 0 Å². The minimum atomic E-state index is -0.333. The smallest absolute Gasteiger partial charge is 0.129 e. The molecule has 1 atom stereocenters. The second-order valence-corrected chi connectivity index (χ2v) is 5.71. The van der Waals surface area contributed by atoms with Gasteiger partial charge in [-0.25, -0.2) is 4.39 Å². The van der Waals surface area contributed by atoms with Crippen LogP contribution in [0.25, 0.3) is 0 Å². The third kappa shape index (κ3) is 3.62. The number of aliphatic hydroxyl groups excluding tert-OH is 1. The summed E-state index contributed by atoms with van der Waals surface area (Å²) in [6, 6.07) is 2.69. The van der Waals surface area contributed by atoms with Gasteiger partial charge in [-0.1, -0.05) is 23.2 Å². The Hall–Kier alpha value is -0.390. The van der Waals surface area contributed by atoms with Crippen LogP contribution in [0.3, 0.4) is 0 Å². The predicted octanol–water partition coefficient (Wildman–Crippen LogP) is 2.85. The zero-order valence-electron chi connectivity index (χ0n) is 11.2. The largest absolute Gasteiger partial charge is 0.396 e. The Morgan fingerprint density at radius 2 is 2.00 bits per heavy atom. The lowest BCUT2D eigenvalue weighted by atomic mass is 9.99. The van der Waals surface area contributed by atoms with Crippen molar-refractivity contribution < 1.29 is 9.50 Å². The van der Waals surface area contributed by atoms with Gasteiger partial charge >= 0.3 is 0 Å². The van der Waals surface area contributed by atoms with Gasteiger partial charge in [-0.2, -0.15) is 0 Å². The summed E-state index contributed by atoms with van der Waals surface area (Å²) >= 11 is 12.2. The van der Waals surface area contributed by atoms with E-state index in [9.17, 15) is 4.39 Å². The Morgan fingerprint density at radius 1 is 1.30 bits per heavy atom. The average molecular weight is 321 g/mol. The van der Waals surface area contributed by atoms with Gasteiger partial charge in [-0.05, 0) is 25.0 Å². The van der Waals surface area contributed by atoms with Crippen molar-refractivity contribution in [3.63, 3.8) is 0 Å². The predicted molar refractivity (Wildman–Crippen MR) is 79.9 cm³/mol. The molecule has 1 aromatic carbocycles. The molecule has 0 unspecified atom stereocenters. The fourth-order valence-corrected chi connectivity index (χ4v) is 3.08. The molecule has 1 fully saturated rings. The number of nitrogens with zero attached hydrogens (tertiary/aromatic N) is 1. The SMILES string of the molecule is OCCC[C@@H](c1c(F)ccc(Cl)c1Cl)N1CCNCC1. The first kappa shape index (κ1) is 16.0. The second kappa shape index (κ2) is 7.57. The van der Waals surface area contributed by atoms with E-state index in [0.29, 0.717) is 23.4 Å². The summed E-state index contributed by atoms with van der Waals surface area (Å²) in [5.74, 6) is -0.333. The first-order valence-electron chi connectivity index (χ1n) is 6.84. The van der Waals surface area contributed by atoms with E-state index in [-0.39, 0.29) is 23.5 Å². The van der Waals surface area contributed by atoms with Gasteiger partial charge in [-0.15, -0.1) is 0 Å². The van der Waals surface area contributed by atoms with Gasteiger partial charge in [0, 0.05) is 44.4 Å². The Bertz CT molecular complexity index is 453. The van der Waals surface area contributed by atoms with Crippen molar-refractivity contribution in [2.75, 3.05) is 32.8 Å². The van der Waals surface area contributed by atoms with E-state index < -0.39 is 0 Å². The summed E-state index contributed by atoms with van der Waals surface area (Å²) in [6.07, 6.45) is 1.27. The summed E-state index contributed by atoms with van der Waals surface area (Å²) in [5, 5.41) is 13.0. The quantitative estimate of drug-likeness (QED) is 0.819. The molecule has 0 saturated carbocycles. The summed E-state index contributed by atoms with van der Waals surface area (Å²) in [6.45, 7) is 3.49. The molecule has 2 N–H and O–H groups in total. The lowest BCUT2D eigenvalue weighted by Crippen LogP contribution is -2.45. The monoisotopic (exact) mass is 320 g/mol. The zero-order chi connectivity index (χ0) is 14.5. The Labute approximate surface area is 128 Å². The van der Waals surface area contributed by atoms with Crippen LogP contribution in [0, 0.1) is 5.82 Å². The molecule has 1 aromatic rings. The zero-order valence-corrected chi connectivity index (χ0v) is 12.7. The van der Waals surface area contributed by atoms with Crippen molar-refractivity contribution in [1.29, 1.82) is 0 Å². The Morgan fingerprint density at radius 3 is 2.65 bits per heavy atom. The lowest BCUT2D eigenvalue weighted by Gasteiger charge is -2.36. The number of hydrogen-bond donors (Lipinski definition) is 2. The van der Waals surface area contributed by atoms with Gasteiger partial charge in [0.25, 0.3) is 0 Å². The van der Waals surface area contributed by atoms with E-state index in [0.717, 1.165) is 26.2 Å². The third-order valence-corrected chi connectivity index (χ3v) is 4.46. The normalized spacial score (nSPS) is 18.2. The standard InChI is InChI=1S/C14H19Cl2FN2O/c15-10-3-4-11(17)13(14(10)16)12(2-1-9-20)19-7-5-18-6-8-19/h3-4,12,18,20H,1-2,5-9H2/t12-/m0/s1. The molecule has 6 heteroatoms. The molecule has 1 saturated heterocycles. The molecular formula is C14H19Cl2FN2O. The second-order valence-electron chi connectivity index (χ2n) is 4.92. The molecule has 0 amide bonds. The van der Waals surface area contributed by atoms with Gasteiger partial charge in [0.1, 0.15) is 5.82 Å². The number of halogens is 3. The number of nitrogens with one attached hydrogen (secondary N) is 1. The highest BCUT2D eigenvalue weighted by molar-refractivity contribution is 6.42. The molecule has 0 bridgehead atoms. The van der Waals surface area contributed by atoms with Crippen LogP contribution in [0.2, 0.25) is 10.0 Å². The molecule has 0 aromatic heterocycles. The third-order valence-electron chi connectivity index (χ3n) is 3.64. The average Bonchev–Trinajstić information content (AvgIpc) is 2.47. The van der Waals surface area contributed by atoms with Crippen LogP contribution in [0.4, 0.5) is 4.39 Å². The molecule has 0 aliphatic carbocycles. The summed E-state index contributed by atoms with van der Waals surface area (Å²) in [7, 11) is 0. The molecule has 112 valence electrons. The molecule has 0 spiro atoms. The van der Waals surface area contributed by atoms with Crippen LogP contribution in [0.15, 0.2) is 12.1 Å². The summed E-state index contributed by atoms with van der Waals surface area (Å²) in [4.78, 5) is 2.20. The fourth-order valence-electron chi connectivity index (χ4n) is 2.64. The van der Waals surface area contributed by atoms with Gasteiger partial charge in [0.15, 0.2) is 0 Å². The number of hydrogen-bond acceptors (Lipinski definition) is 3. The minimum absolute atomic E-state index is 0.0857. The number of rotatable bonds is 5. The Kier molecular flexibility index (Phi) is 6.05. The van der Waals surface area contributed by atoms with E-state index in [4.69, 9.17) is 28.3 Å². The number of benzene rings is 1. The van der Waals surface area contributed by atoms with E-state index in [1.54, 1.807) is 0 Å². The van der Waals surface area contributed by atoms with Crippen molar-refractivity contribution in [3.05, 3.63) is 33.6 Å². The van der Waals surface area contributed by atoms with Crippen LogP contribution in [-0.2, 0) is 0 Å². The summed E-state index contributed by atoms with van der Waals surface area (Å²) in [5.41, 5.74) is 0.453. The Balaban J connectivity index is 2.32. The minimum Gasteiger partial charge on any atom is -0.396 e. The van der Waals surface area contributed by atoms with Crippen LogP contribution in [0.1, 0.15) is 24.4 Å². The molecule has 1 heterocycles. The van der Waals surface area contributed by atoms with Gasteiger partial charge < -0.3 is 10.4 Å². The van der Waals surface area contributed by atoms with E-state index >= 15 is 0 Å². The van der Waals surface area contributed by atoms with Crippen molar-refractivity contribution in [2.24, 2.45) is 0 Å². The molecule has 1 aliphatic rings. The number of piperazine rings is 1. The fraction of sp³-hybridized carbons (Fsp3) is 0.571. The molecular weight excluding hydrogens is 302 g/mol. The van der Waals surface area contributed by atoms with Gasteiger partial charge in [0.05, 0.1) is 10.0 Å². The van der Waals surface area contributed by atoms with Crippen LogP contribution in [-0.4, -0.2) is 42.8 Å². The van der Waals surface area contributed by atoms with E-state index in [2.05, 4.69) is 10.2 Å². The molecule has 3 nitrogen and oxygen atoms in total. The molecule has 1 aliphatic heterocycles. The van der Waals surface area contributed by atoms with Crippen LogP contribution >= 0.6 is 23.2 Å². The topological polar surface area (TPSA) is 35.5 Å². The van der Waals surface area contributed by atoms with E-state index in [1.165, 1.54) is 12.1 Å². The highest BCUT2D eigenvalue weighted by atomic mass is 35.5. The van der Waals surface area contributed by atoms with Crippen molar-refractivity contribution >= 4 is 23.2 Å². The first-order valence-corrected chi connectivity index (χ1v) is 7.59. The van der Waals surface area contributed by atoms with Crippen LogP contribution < -0.4 is 5.32 Å². The van der Waals surface area contributed by atoms with Crippen LogP contribution in [0.5, 0.6) is 0 Å². The highest BCUT2D eigenvalue weighted by Crippen LogP contribution is 2.37. The maximum atomic E-state index is 14.2.